The van der Waals surface area contributed by atoms with Crippen molar-refractivity contribution >= 4 is 33.9 Å². The summed E-state index contributed by atoms with van der Waals surface area (Å²) in [5.41, 5.74) is -1.74. The molecular weight excluding hydrogens is 421 g/mol. The van der Waals surface area contributed by atoms with E-state index in [2.05, 4.69) is 15.4 Å². The maximum atomic E-state index is 13.6. The standard InChI is InChI=1S/C13H13ClF5N5O2S/c1-26-5-8-22-23-9(13(17,18)19)7(21-10(23)27-8)4-24(6-12(14,15)16)3-2-20-11(24)25/h2-6H2,1H3/p+1. The molecule has 150 valence electrons. The van der Waals surface area contributed by atoms with Crippen LogP contribution in [0.4, 0.5) is 26.7 Å². The van der Waals surface area contributed by atoms with Crippen molar-refractivity contribution in [1.82, 2.24) is 19.9 Å². The lowest BCUT2D eigenvalue weighted by Crippen LogP contribution is -2.54. The molecule has 0 spiro atoms. The predicted molar refractivity (Wildman–Crippen MR) is 84.5 cm³/mol. The number of carbonyl (C=O) groups excluding carboxylic acids is 1. The van der Waals surface area contributed by atoms with Crippen LogP contribution in [0.2, 0.25) is 0 Å². The van der Waals surface area contributed by atoms with Gasteiger partial charge in [0.15, 0.2) is 12.2 Å². The Kier molecular flexibility index (Phi) is 5.08. The number of methoxy groups -OCH3 is 1. The first-order chi connectivity index (χ1) is 12.5. The number of imidazole rings is 1. The van der Waals surface area contributed by atoms with Crippen molar-refractivity contribution in [2.24, 2.45) is 0 Å². The molecule has 1 atom stereocenters. The first kappa shape index (κ1) is 20.2. The van der Waals surface area contributed by atoms with Crippen LogP contribution in [0, 0.1) is 0 Å². The number of urea groups is 1. The van der Waals surface area contributed by atoms with Crippen molar-refractivity contribution in [3.63, 3.8) is 0 Å². The number of nitrogens with one attached hydrogen (secondary N) is 1. The molecule has 1 N–H and O–H groups in total. The highest BCUT2D eigenvalue weighted by Crippen LogP contribution is 2.37. The summed E-state index contributed by atoms with van der Waals surface area (Å²) >= 11 is 5.85. The third-order valence-electron chi connectivity index (χ3n) is 4.04. The molecular formula is C13H14ClF5N5O2S+. The zero-order valence-electron chi connectivity index (χ0n) is 13.8. The van der Waals surface area contributed by atoms with Crippen molar-refractivity contribution < 1.29 is 36.0 Å². The van der Waals surface area contributed by atoms with Gasteiger partial charge in [0.1, 0.15) is 23.8 Å². The van der Waals surface area contributed by atoms with Gasteiger partial charge in [-0.15, -0.1) is 0 Å². The second-order valence-corrected chi connectivity index (χ2v) is 7.65. The van der Waals surface area contributed by atoms with Gasteiger partial charge in [-0.05, 0) is 11.6 Å². The quantitative estimate of drug-likeness (QED) is 0.431. The molecule has 0 aromatic carbocycles. The smallest absolute Gasteiger partial charge is 0.377 e. The van der Waals surface area contributed by atoms with Crippen LogP contribution >= 0.6 is 22.9 Å². The van der Waals surface area contributed by atoms with Crippen LogP contribution in [-0.2, 0) is 24.1 Å². The van der Waals surface area contributed by atoms with E-state index in [1.807, 2.05) is 0 Å². The molecule has 1 fully saturated rings. The van der Waals surface area contributed by atoms with Crippen molar-refractivity contribution in [2.75, 3.05) is 26.7 Å². The molecule has 0 aliphatic carbocycles. The lowest BCUT2D eigenvalue weighted by Gasteiger charge is -2.30. The van der Waals surface area contributed by atoms with Crippen molar-refractivity contribution in [2.45, 2.75) is 24.7 Å². The summed E-state index contributed by atoms with van der Waals surface area (Å²) in [4.78, 5) is 16.0. The fraction of sp³-hybridized carbons (Fsp3) is 0.615. The number of aromatic nitrogens is 3. The minimum Gasteiger partial charge on any atom is -0.377 e. The first-order valence-corrected chi connectivity index (χ1v) is 8.79. The number of halogens is 6. The Labute approximate surface area is 158 Å². The molecule has 7 nitrogen and oxygen atoms in total. The van der Waals surface area contributed by atoms with E-state index >= 15 is 0 Å². The van der Waals surface area contributed by atoms with Crippen LogP contribution in [0.3, 0.4) is 0 Å². The zero-order valence-corrected chi connectivity index (χ0v) is 15.4. The van der Waals surface area contributed by atoms with Crippen LogP contribution in [0.25, 0.3) is 4.96 Å². The molecule has 0 saturated carbocycles. The fourth-order valence-corrected chi connectivity index (χ4v) is 4.15. The van der Waals surface area contributed by atoms with E-state index < -0.39 is 46.5 Å². The number of carbonyl (C=O) groups is 1. The maximum absolute atomic E-state index is 13.6. The van der Waals surface area contributed by atoms with E-state index in [0.717, 1.165) is 11.3 Å². The molecule has 2 aromatic rings. The van der Waals surface area contributed by atoms with E-state index in [9.17, 15) is 26.7 Å². The molecule has 0 bridgehead atoms. The highest BCUT2D eigenvalue weighted by Gasteiger charge is 2.51. The number of alkyl halides is 6. The second kappa shape index (κ2) is 6.79. The molecule has 14 heteroatoms. The van der Waals surface area contributed by atoms with Gasteiger partial charge in [0.25, 0.3) is 0 Å². The summed E-state index contributed by atoms with van der Waals surface area (Å²) in [6.07, 6.45) is -4.85. The molecule has 2 amide bonds. The van der Waals surface area contributed by atoms with Gasteiger partial charge >= 0.3 is 17.6 Å². The fourth-order valence-electron chi connectivity index (χ4n) is 3.04. The van der Waals surface area contributed by atoms with Gasteiger partial charge in [-0.25, -0.2) is 14.3 Å². The molecule has 3 heterocycles. The Bertz CT molecular complexity index is 864. The van der Waals surface area contributed by atoms with E-state index in [0.29, 0.717) is 4.52 Å². The number of amides is 2. The van der Waals surface area contributed by atoms with E-state index in [-0.39, 0.29) is 29.7 Å². The third kappa shape index (κ3) is 4.00. The highest BCUT2D eigenvalue weighted by molar-refractivity contribution is 7.16. The van der Waals surface area contributed by atoms with Gasteiger partial charge in [0.2, 0.25) is 4.96 Å². The van der Waals surface area contributed by atoms with Crippen LogP contribution in [0.1, 0.15) is 16.4 Å². The Morgan fingerprint density at radius 1 is 1.37 bits per heavy atom. The van der Waals surface area contributed by atoms with Crippen molar-refractivity contribution in [1.29, 1.82) is 0 Å². The number of nitrogens with zero attached hydrogens (tertiary/aromatic N) is 4. The molecule has 3 rings (SSSR count). The summed E-state index contributed by atoms with van der Waals surface area (Å²) in [7, 11) is 1.37. The van der Waals surface area contributed by atoms with Crippen molar-refractivity contribution in [3.05, 3.63) is 16.4 Å². The number of fused-ring (bicyclic) bond motifs is 1. The molecule has 1 unspecified atom stereocenters. The van der Waals surface area contributed by atoms with E-state index in [1.165, 1.54) is 7.11 Å². The first-order valence-electron chi connectivity index (χ1n) is 7.60. The van der Waals surface area contributed by atoms with Gasteiger partial charge in [-0.2, -0.15) is 31.6 Å². The Morgan fingerprint density at radius 2 is 2.07 bits per heavy atom. The van der Waals surface area contributed by atoms with Crippen LogP contribution in [-0.4, -0.2) is 57.2 Å². The zero-order chi connectivity index (χ0) is 20.0. The minimum atomic E-state index is -4.85. The largest absolute Gasteiger partial charge is 0.435 e. The van der Waals surface area contributed by atoms with Gasteiger partial charge in [0.05, 0.1) is 13.2 Å². The number of rotatable bonds is 6. The molecule has 2 aromatic heterocycles. The van der Waals surface area contributed by atoms with Gasteiger partial charge in [-0.1, -0.05) is 11.3 Å². The number of quaternary nitrogens is 1. The summed E-state index contributed by atoms with van der Waals surface area (Å²) in [6, 6.07) is -0.826. The van der Waals surface area contributed by atoms with Gasteiger partial charge in [0, 0.05) is 7.11 Å². The van der Waals surface area contributed by atoms with Crippen LogP contribution in [0.5, 0.6) is 0 Å². The molecule has 27 heavy (non-hydrogen) atoms. The summed E-state index contributed by atoms with van der Waals surface area (Å²) in [6.45, 7) is -1.91. The third-order valence-corrected chi connectivity index (χ3v) is 5.04. The van der Waals surface area contributed by atoms with Crippen LogP contribution in [0.15, 0.2) is 0 Å². The van der Waals surface area contributed by atoms with E-state index in [4.69, 9.17) is 16.3 Å². The lowest BCUT2D eigenvalue weighted by molar-refractivity contribution is -0.860. The van der Waals surface area contributed by atoms with Gasteiger partial charge < -0.3 is 4.74 Å². The normalized spacial score (nSPS) is 21.2. The predicted octanol–water partition coefficient (Wildman–Crippen LogP) is 2.83. The van der Waals surface area contributed by atoms with Crippen LogP contribution < -0.4 is 5.32 Å². The monoisotopic (exact) mass is 434 g/mol. The summed E-state index contributed by atoms with van der Waals surface area (Å²) in [5.74, 6) is 0. The summed E-state index contributed by atoms with van der Waals surface area (Å²) in [5, 5.41) is 2.69. The second-order valence-electron chi connectivity index (χ2n) is 6.06. The Morgan fingerprint density at radius 3 is 2.59 bits per heavy atom. The molecule has 1 saturated heterocycles. The SMILES string of the molecule is COCc1nn2c(C(F)(F)F)c(C[N+]3(CC(F)(F)Cl)CCNC3=O)nc2s1. The average molecular weight is 435 g/mol. The number of hydrogen-bond donors (Lipinski definition) is 1. The summed E-state index contributed by atoms with van der Waals surface area (Å²) < 4.78 is 72.2. The molecule has 1 aliphatic heterocycles. The topological polar surface area (TPSA) is 68.5 Å². The molecule has 1 aliphatic rings. The van der Waals surface area contributed by atoms with E-state index in [1.54, 1.807) is 0 Å². The van der Waals surface area contributed by atoms with Crippen molar-refractivity contribution in [3.8, 4) is 0 Å². The maximum Gasteiger partial charge on any atom is 0.435 e. The highest BCUT2D eigenvalue weighted by atomic mass is 35.5. The average Bonchev–Trinajstić information content (AvgIpc) is 3.10. The minimum absolute atomic E-state index is 0.00152. The number of hydrogen-bond acceptors (Lipinski definition) is 5. The lowest BCUT2D eigenvalue weighted by atomic mass is 10.2. The Balaban J connectivity index is 2.07. The van der Waals surface area contributed by atoms with Gasteiger partial charge in [-0.3, -0.25) is 5.32 Å². The Hall–Kier alpha value is -1.57. The number of ether oxygens (including phenoxy) is 1. The molecule has 0 radical (unpaired) electrons.